The van der Waals surface area contributed by atoms with Crippen LogP contribution in [0.3, 0.4) is 0 Å². The zero-order chi connectivity index (χ0) is 8.31. The van der Waals surface area contributed by atoms with Crippen LogP contribution in [0.4, 0.5) is 0 Å². The van der Waals surface area contributed by atoms with Gasteiger partial charge in [0.15, 0.2) is 0 Å². The number of ketones is 2. The lowest BCUT2D eigenvalue weighted by atomic mass is 10.1. The van der Waals surface area contributed by atoms with Gasteiger partial charge in [0, 0.05) is 0 Å². The molecule has 0 amide bonds. The number of aliphatic hydroxyl groups is 1. The van der Waals surface area contributed by atoms with E-state index in [9.17, 15) is 9.59 Å². The Balaban J connectivity index is 4.24. The second-order valence-electron chi connectivity index (χ2n) is 2.15. The van der Waals surface area contributed by atoms with E-state index in [0.717, 1.165) is 0 Å². The van der Waals surface area contributed by atoms with Crippen LogP contribution in [0.25, 0.3) is 0 Å². The van der Waals surface area contributed by atoms with Gasteiger partial charge in [-0.2, -0.15) is 0 Å². The largest absolute Gasteiger partial charge is 0.385 e. The summed E-state index contributed by atoms with van der Waals surface area (Å²) in [6, 6.07) is 0. The van der Waals surface area contributed by atoms with Crippen molar-refractivity contribution in [2.75, 3.05) is 0 Å². The van der Waals surface area contributed by atoms with Gasteiger partial charge in [0.05, 0.1) is 0 Å². The first kappa shape index (κ1) is 9.04. The minimum Gasteiger partial charge on any atom is -0.385 e. The average molecular weight is 142 g/mol. The van der Waals surface area contributed by atoms with Crippen LogP contribution in [-0.4, -0.2) is 22.8 Å². The maximum absolute atomic E-state index is 10.7. The Morgan fingerprint density at radius 2 is 1.90 bits per heavy atom. The van der Waals surface area contributed by atoms with Crippen molar-refractivity contribution in [1.29, 1.82) is 0 Å². The maximum atomic E-state index is 10.7. The van der Waals surface area contributed by atoms with Gasteiger partial charge >= 0.3 is 0 Å². The van der Waals surface area contributed by atoms with Gasteiger partial charge in [-0.15, -0.1) is 0 Å². The Morgan fingerprint density at radius 3 is 2.00 bits per heavy atom. The number of Topliss-reactive ketones (excluding diaryl/α,β-unsaturated/α-hetero) is 2. The zero-order valence-corrected chi connectivity index (χ0v) is 6.05. The van der Waals surface area contributed by atoms with Crippen molar-refractivity contribution in [3.8, 4) is 0 Å². The highest BCUT2D eigenvalue weighted by atomic mass is 16.3. The minimum absolute atomic E-state index is 0.158. The number of aliphatic hydroxyl groups excluding tert-OH is 1. The molecule has 10 heavy (non-hydrogen) atoms. The molecule has 3 heteroatoms. The van der Waals surface area contributed by atoms with Crippen molar-refractivity contribution in [3.05, 3.63) is 12.2 Å². The lowest BCUT2D eigenvalue weighted by molar-refractivity contribution is -0.139. The molecule has 0 aromatic carbocycles. The molecule has 1 atom stereocenters. The summed E-state index contributed by atoms with van der Waals surface area (Å²) < 4.78 is 0. The molecule has 0 radical (unpaired) electrons. The van der Waals surface area contributed by atoms with Gasteiger partial charge in [-0.3, -0.25) is 9.59 Å². The molecule has 0 spiro atoms. The van der Waals surface area contributed by atoms with Gasteiger partial charge in [-0.05, 0) is 19.4 Å². The first-order valence-corrected chi connectivity index (χ1v) is 2.89. The summed E-state index contributed by atoms with van der Waals surface area (Å²) in [4.78, 5) is 21.3. The number of hydrogen-bond donors (Lipinski definition) is 1. The van der Waals surface area contributed by atoms with Gasteiger partial charge in [0.1, 0.15) is 6.10 Å². The van der Waals surface area contributed by atoms with E-state index in [-0.39, 0.29) is 5.57 Å². The second-order valence-corrected chi connectivity index (χ2v) is 2.15. The summed E-state index contributed by atoms with van der Waals surface area (Å²) >= 11 is 0. The van der Waals surface area contributed by atoms with Crippen LogP contribution < -0.4 is 0 Å². The fourth-order valence-electron chi connectivity index (χ4n) is 0.400. The quantitative estimate of drug-likeness (QED) is 0.448. The zero-order valence-electron chi connectivity index (χ0n) is 6.05. The molecule has 0 aliphatic heterocycles. The van der Waals surface area contributed by atoms with Gasteiger partial charge in [0.2, 0.25) is 11.6 Å². The first-order chi connectivity index (χ1) is 4.46. The third-order valence-corrected chi connectivity index (χ3v) is 0.991. The summed E-state index contributed by atoms with van der Waals surface area (Å²) in [5, 5.41) is 8.63. The van der Waals surface area contributed by atoms with Crippen molar-refractivity contribution >= 4 is 11.6 Å². The Kier molecular flexibility index (Phi) is 2.96. The summed E-state index contributed by atoms with van der Waals surface area (Å²) in [5.74, 6) is -1.50. The summed E-state index contributed by atoms with van der Waals surface area (Å²) in [5.41, 5.74) is 0.158. The number of carbonyl (C=O) groups is 2. The molecule has 0 fully saturated rings. The molecule has 0 aromatic heterocycles. The highest BCUT2D eigenvalue weighted by Gasteiger charge is 2.18. The van der Waals surface area contributed by atoms with Crippen LogP contribution in [0.2, 0.25) is 0 Å². The van der Waals surface area contributed by atoms with E-state index in [1.165, 1.54) is 13.8 Å². The number of carbonyl (C=O) groups excluding carboxylic acids is 2. The third kappa shape index (κ3) is 2.11. The smallest absolute Gasteiger partial charge is 0.230 e. The molecule has 0 rings (SSSR count). The summed E-state index contributed by atoms with van der Waals surface area (Å²) in [6.07, 6.45) is -1.22. The number of hydrogen-bond acceptors (Lipinski definition) is 3. The van der Waals surface area contributed by atoms with Gasteiger partial charge < -0.3 is 5.11 Å². The van der Waals surface area contributed by atoms with Gasteiger partial charge in [-0.1, -0.05) is 6.58 Å². The van der Waals surface area contributed by atoms with E-state index in [1.807, 2.05) is 0 Å². The normalized spacial score (nSPS) is 12.3. The van der Waals surface area contributed by atoms with Crippen molar-refractivity contribution < 1.29 is 14.7 Å². The van der Waals surface area contributed by atoms with E-state index in [4.69, 9.17) is 5.11 Å². The Hall–Kier alpha value is -0.960. The molecule has 1 N–H and O–H groups in total. The molecule has 0 heterocycles. The van der Waals surface area contributed by atoms with Crippen molar-refractivity contribution in [1.82, 2.24) is 0 Å². The van der Waals surface area contributed by atoms with Crippen LogP contribution >= 0.6 is 0 Å². The Labute approximate surface area is 59.4 Å². The monoisotopic (exact) mass is 142 g/mol. The summed E-state index contributed by atoms with van der Waals surface area (Å²) in [6.45, 7) is 5.96. The topological polar surface area (TPSA) is 54.4 Å². The Morgan fingerprint density at radius 1 is 1.50 bits per heavy atom. The molecule has 0 bridgehead atoms. The van der Waals surface area contributed by atoms with Crippen molar-refractivity contribution in [2.24, 2.45) is 0 Å². The molecule has 0 saturated carbocycles. The molecule has 1 unspecified atom stereocenters. The molecular formula is C7H10O3. The van der Waals surface area contributed by atoms with Crippen LogP contribution in [0.5, 0.6) is 0 Å². The highest BCUT2D eigenvalue weighted by molar-refractivity contribution is 6.44. The lowest BCUT2D eigenvalue weighted by Gasteiger charge is -1.99. The average Bonchev–Trinajstić information content (AvgIpc) is 1.84. The lowest BCUT2D eigenvalue weighted by Crippen LogP contribution is -2.25. The van der Waals surface area contributed by atoms with E-state index in [2.05, 4.69) is 6.58 Å². The van der Waals surface area contributed by atoms with Crippen LogP contribution in [0.1, 0.15) is 13.8 Å². The molecule has 0 aromatic rings. The van der Waals surface area contributed by atoms with E-state index < -0.39 is 17.7 Å². The highest BCUT2D eigenvalue weighted by Crippen LogP contribution is 1.94. The third-order valence-electron chi connectivity index (χ3n) is 0.991. The maximum Gasteiger partial charge on any atom is 0.230 e. The van der Waals surface area contributed by atoms with E-state index >= 15 is 0 Å². The molecule has 3 nitrogen and oxygen atoms in total. The number of allylic oxidation sites excluding steroid dienone is 1. The second kappa shape index (κ2) is 3.27. The minimum atomic E-state index is -1.22. The fraction of sp³-hybridized carbons (Fsp3) is 0.429. The molecule has 0 aliphatic carbocycles. The molecule has 0 aliphatic rings. The summed E-state index contributed by atoms with van der Waals surface area (Å²) in [7, 11) is 0. The van der Waals surface area contributed by atoms with Crippen molar-refractivity contribution in [3.63, 3.8) is 0 Å². The van der Waals surface area contributed by atoms with Crippen LogP contribution in [0.15, 0.2) is 12.2 Å². The van der Waals surface area contributed by atoms with Gasteiger partial charge in [0.25, 0.3) is 0 Å². The SMILES string of the molecule is C=C(C)C(=O)C(=O)C(C)O. The first-order valence-electron chi connectivity index (χ1n) is 2.89. The van der Waals surface area contributed by atoms with Gasteiger partial charge in [-0.25, -0.2) is 0 Å². The predicted octanol–water partition coefficient (Wildman–Crippen LogP) is 0.0815. The molecule has 56 valence electrons. The molecular weight excluding hydrogens is 132 g/mol. The van der Waals surface area contributed by atoms with Crippen LogP contribution in [-0.2, 0) is 9.59 Å². The van der Waals surface area contributed by atoms with E-state index in [0.29, 0.717) is 0 Å². The number of rotatable bonds is 3. The van der Waals surface area contributed by atoms with Crippen molar-refractivity contribution in [2.45, 2.75) is 20.0 Å². The standard InChI is InChI=1S/C7H10O3/c1-4(2)6(9)7(10)5(3)8/h5,8H,1H2,2-3H3. The Bertz CT molecular complexity index is 179. The molecule has 0 saturated heterocycles. The fourth-order valence-corrected chi connectivity index (χ4v) is 0.400. The predicted molar refractivity (Wildman–Crippen MR) is 36.5 cm³/mol. The van der Waals surface area contributed by atoms with Crippen LogP contribution in [0, 0.1) is 0 Å². The van der Waals surface area contributed by atoms with E-state index in [1.54, 1.807) is 0 Å².